The highest BCUT2D eigenvalue weighted by atomic mass is 32.2. The average Bonchev–Trinajstić information content (AvgIpc) is 3.43. The Labute approximate surface area is 195 Å². The maximum Gasteiger partial charge on any atom is 0.283 e. The summed E-state index contributed by atoms with van der Waals surface area (Å²) in [5, 5.41) is 19.2. The zero-order valence-corrected chi connectivity index (χ0v) is 19.0. The van der Waals surface area contributed by atoms with E-state index in [0.29, 0.717) is 21.6 Å². The molecule has 4 heterocycles. The van der Waals surface area contributed by atoms with Crippen molar-refractivity contribution in [3.05, 3.63) is 62.5 Å². The standard InChI is InChI=1S/C21H17N7O3S2/c1-2-3-16-26-27-17(29)9-13(24-21(27)33-16)10-31-14-6-4-12(5-7-14)8-15-18(22)28-20(25-19(15)30)32-11-23-28/h4-9,11,22H,2-3,10H2,1H3/b15-8-,22-18?. The molecule has 2 aliphatic heterocycles. The molecular weight excluding hydrogens is 462 g/mol. The number of ether oxygens (including phenoxy) is 1. The molecule has 12 heteroatoms. The molecule has 0 atom stereocenters. The first-order chi connectivity index (χ1) is 16.0. The predicted octanol–water partition coefficient (Wildman–Crippen LogP) is 2.93. The first-order valence-electron chi connectivity index (χ1n) is 10.1. The Bertz CT molecular complexity index is 1420. The van der Waals surface area contributed by atoms with E-state index in [1.165, 1.54) is 44.2 Å². The normalized spacial score (nSPS) is 16.6. The summed E-state index contributed by atoms with van der Waals surface area (Å²) < 4.78 is 7.11. The van der Waals surface area contributed by atoms with Gasteiger partial charge in [-0.05, 0) is 42.0 Å². The van der Waals surface area contributed by atoms with Gasteiger partial charge >= 0.3 is 0 Å². The molecule has 0 spiro atoms. The van der Waals surface area contributed by atoms with Crippen LogP contribution in [0.15, 0.2) is 50.8 Å². The highest BCUT2D eigenvalue weighted by Gasteiger charge is 2.32. The van der Waals surface area contributed by atoms with Crippen LogP contribution >= 0.6 is 23.1 Å². The molecule has 5 rings (SSSR count). The van der Waals surface area contributed by atoms with Crippen LogP contribution in [0, 0.1) is 5.41 Å². The van der Waals surface area contributed by atoms with E-state index < -0.39 is 5.91 Å². The number of fused-ring (bicyclic) bond motifs is 2. The number of amidine groups is 2. The topological polar surface area (TPSA) is 125 Å². The fourth-order valence-electron chi connectivity index (χ4n) is 3.21. The zero-order valence-electron chi connectivity index (χ0n) is 17.4. The van der Waals surface area contributed by atoms with Crippen LogP contribution in [-0.4, -0.2) is 42.1 Å². The average molecular weight is 480 g/mol. The number of aliphatic imine (C=N–C) groups is 1. The molecule has 3 aromatic rings. The SMILES string of the molecule is CCCc1nn2c(=O)cc(COc3ccc(/C=C4/C(=N)N5N=CSC5=NC4=O)cc3)nc2s1. The molecule has 0 radical (unpaired) electrons. The van der Waals surface area contributed by atoms with Gasteiger partial charge in [0, 0.05) is 12.5 Å². The van der Waals surface area contributed by atoms with Gasteiger partial charge in [-0.15, -0.1) is 0 Å². The van der Waals surface area contributed by atoms with Crippen LogP contribution < -0.4 is 10.3 Å². The summed E-state index contributed by atoms with van der Waals surface area (Å²) in [7, 11) is 0. The summed E-state index contributed by atoms with van der Waals surface area (Å²) in [6, 6.07) is 8.47. The Hall–Kier alpha value is -3.64. The number of hydrogen-bond acceptors (Lipinski definition) is 9. The maximum atomic E-state index is 12.3. The second-order valence-electron chi connectivity index (χ2n) is 7.14. The van der Waals surface area contributed by atoms with Crippen molar-refractivity contribution in [2.45, 2.75) is 26.4 Å². The van der Waals surface area contributed by atoms with Crippen LogP contribution in [0.25, 0.3) is 11.0 Å². The van der Waals surface area contributed by atoms with Gasteiger partial charge in [-0.1, -0.05) is 30.4 Å². The number of carbonyl (C=O) groups is 1. The van der Waals surface area contributed by atoms with E-state index >= 15 is 0 Å². The Kier molecular flexibility index (Phi) is 5.60. The molecule has 1 aromatic carbocycles. The van der Waals surface area contributed by atoms with Crippen LogP contribution in [-0.2, 0) is 17.8 Å². The van der Waals surface area contributed by atoms with Gasteiger partial charge < -0.3 is 4.74 Å². The van der Waals surface area contributed by atoms with E-state index in [4.69, 9.17) is 10.1 Å². The molecule has 166 valence electrons. The van der Waals surface area contributed by atoms with Crippen molar-refractivity contribution in [3.8, 4) is 5.75 Å². The predicted molar refractivity (Wildman–Crippen MR) is 128 cm³/mol. The second kappa shape index (κ2) is 8.71. The summed E-state index contributed by atoms with van der Waals surface area (Å²) in [6.45, 7) is 2.20. The van der Waals surface area contributed by atoms with Crippen molar-refractivity contribution >= 4 is 56.6 Å². The van der Waals surface area contributed by atoms with E-state index in [0.717, 1.165) is 23.4 Å². The van der Waals surface area contributed by atoms with E-state index in [1.807, 2.05) is 0 Å². The third-order valence-electron chi connectivity index (χ3n) is 4.78. The molecule has 2 aromatic heterocycles. The molecule has 33 heavy (non-hydrogen) atoms. The van der Waals surface area contributed by atoms with E-state index in [9.17, 15) is 9.59 Å². The van der Waals surface area contributed by atoms with Crippen molar-refractivity contribution in [2.75, 3.05) is 0 Å². The highest BCUT2D eigenvalue weighted by molar-refractivity contribution is 8.25. The molecule has 0 bridgehead atoms. The lowest BCUT2D eigenvalue weighted by Crippen LogP contribution is -2.35. The van der Waals surface area contributed by atoms with Gasteiger partial charge in [0.15, 0.2) is 11.0 Å². The van der Waals surface area contributed by atoms with Crippen LogP contribution in [0.2, 0.25) is 0 Å². The molecule has 1 amide bonds. The smallest absolute Gasteiger partial charge is 0.283 e. The van der Waals surface area contributed by atoms with Crippen molar-refractivity contribution in [1.29, 1.82) is 5.41 Å². The molecule has 10 nitrogen and oxygen atoms in total. The molecule has 0 fully saturated rings. The van der Waals surface area contributed by atoms with Gasteiger partial charge in [-0.3, -0.25) is 15.0 Å². The van der Waals surface area contributed by atoms with Crippen molar-refractivity contribution < 1.29 is 9.53 Å². The van der Waals surface area contributed by atoms with E-state index in [1.54, 1.807) is 30.3 Å². The number of aromatic nitrogens is 3. The number of nitrogens with one attached hydrogen (secondary N) is 1. The quantitative estimate of drug-likeness (QED) is 0.539. The number of hydrogen-bond donors (Lipinski definition) is 1. The summed E-state index contributed by atoms with van der Waals surface area (Å²) in [6.07, 6.45) is 3.36. The summed E-state index contributed by atoms with van der Waals surface area (Å²) >= 11 is 2.61. The van der Waals surface area contributed by atoms with Gasteiger partial charge in [0.05, 0.1) is 16.8 Å². The fourth-order valence-corrected chi connectivity index (χ4v) is 4.83. The van der Waals surface area contributed by atoms with Gasteiger partial charge in [-0.25, -0.2) is 4.98 Å². The highest BCUT2D eigenvalue weighted by Crippen LogP contribution is 2.25. The Morgan fingerprint density at radius 3 is 2.82 bits per heavy atom. The lowest BCUT2D eigenvalue weighted by molar-refractivity contribution is -0.114. The van der Waals surface area contributed by atoms with Crippen LogP contribution in [0.4, 0.5) is 0 Å². The number of aryl methyl sites for hydroxylation is 1. The minimum absolute atomic E-state index is 0.00973. The largest absolute Gasteiger partial charge is 0.487 e. The lowest BCUT2D eigenvalue weighted by atomic mass is 10.1. The first kappa shape index (κ1) is 21.2. The molecule has 0 saturated heterocycles. The van der Waals surface area contributed by atoms with Crippen LogP contribution in [0.3, 0.4) is 0 Å². The van der Waals surface area contributed by atoms with E-state index in [-0.39, 0.29) is 23.6 Å². The van der Waals surface area contributed by atoms with Crippen molar-refractivity contribution in [3.63, 3.8) is 0 Å². The van der Waals surface area contributed by atoms with Crippen molar-refractivity contribution in [1.82, 2.24) is 19.6 Å². The van der Waals surface area contributed by atoms with Gasteiger partial charge in [-0.2, -0.15) is 24.7 Å². The Balaban J connectivity index is 1.29. The maximum absolute atomic E-state index is 12.3. The molecule has 0 aliphatic carbocycles. The van der Waals surface area contributed by atoms with Crippen molar-refractivity contribution in [2.24, 2.45) is 10.1 Å². The Morgan fingerprint density at radius 1 is 1.21 bits per heavy atom. The lowest BCUT2D eigenvalue weighted by Gasteiger charge is -2.20. The number of carbonyl (C=O) groups excluding carboxylic acids is 1. The number of amides is 1. The molecular formula is C21H17N7O3S2. The van der Waals surface area contributed by atoms with Crippen LogP contribution in [0.1, 0.15) is 29.6 Å². The number of benzene rings is 1. The van der Waals surface area contributed by atoms with Gasteiger partial charge in [0.1, 0.15) is 17.4 Å². The molecule has 2 aliphatic rings. The summed E-state index contributed by atoms with van der Waals surface area (Å²) in [4.78, 5) is 33.6. The van der Waals surface area contributed by atoms with Crippen LogP contribution in [0.5, 0.6) is 5.75 Å². The fraction of sp³-hybridized carbons (Fsp3) is 0.190. The molecule has 0 saturated carbocycles. The number of hydrazone groups is 1. The summed E-state index contributed by atoms with van der Waals surface area (Å²) in [5.41, 5.74) is 2.71. The van der Waals surface area contributed by atoms with Gasteiger partial charge in [0.25, 0.3) is 11.5 Å². The number of thioether (sulfide) groups is 1. The minimum Gasteiger partial charge on any atom is -0.487 e. The zero-order chi connectivity index (χ0) is 22.9. The Morgan fingerprint density at radius 2 is 2.03 bits per heavy atom. The van der Waals surface area contributed by atoms with E-state index in [2.05, 4.69) is 27.1 Å². The minimum atomic E-state index is -0.470. The number of rotatable bonds is 6. The third-order valence-corrected chi connectivity index (χ3v) is 6.42. The monoisotopic (exact) mass is 479 g/mol. The third kappa shape index (κ3) is 4.22. The molecule has 0 unspecified atom stereocenters. The summed E-state index contributed by atoms with van der Waals surface area (Å²) in [5.74, 6) is 0.105. The second-order valence-corrected chi connectivity index (χ2v) is 8.99. The molecule has 1 N–H and O–H groups in total. The number of nitrogens with zero attached hydrogens (tertiary/aromatic N) is 6. The van der Waals surface area contributed by atoms with Gasteiger partial charge in [0.2, 0.25) is 4.96 Å². The first-order valence-corrected chi connectivity index (χ1v) is 11.8.